The lowest BCUT2D eigenvalue weighted by atomic mass is 10.3. The van der Waals surface area contributed by atoms with Crippen molar-refractivity contribution in [3.05, 3.63) is 28.2 Å². The van der Waals surface area contributed by atoms with Crippen molar-refractivity contribution < 1.29 is 9.59 Å². The number of carbonyl (C=O) groups excluding carboxylic acids is 2. The smallest absolute Gasteiger partial charge is 0.244 e. The topological polar surface area (TPSA) is 49.4 Å². The summed E-state index contributed by atoms with van der Waals surface area (Å²) < 4.78 is 0. The first kappa shape index (κ1) is 19.1. The van der Waals surface area contributed by atoms with E-state index in [9.17, 15) is 9.59 Å². The van der Waals surface area contributed by atoms with Crippen LogP contribution >= 0.6 is 35.0 Å². The highest BCUT2D eigenvalue weighted by Crippen LogP contribution is 2.25. The van der Waals surface area contributed by atoms with Crippen LogP contribution in [0.3, 0.4) is 0 Å². The molecule has 0 saturated carbocycles. The van der Waals surface area contributed by atoms with Gasteiger partial charge in [-0.15, -0.1) is 0 Å². The molecule has 1 aromatic rings. The van der Waals surface area contributed by atoms with Crippen LogP contribution in [-0.2, 0) is 9.59 Å². The number of thioether (sulfide) groups is 1. The monoisotopic (exact) mass is 362 g/mol. The highest BCUT2D eigenvalue weighted by Gasteiger charge is 2.16. The number of nitrogens with one attached hydrogen (secondary N) is 1. The minimum absolute atomic E-state index is 0.00597. The number of anilines is 1. The first-order chi connectivity index (χ1) is 10.5. The molecule has 1 rings (SSSR count). The van der Waals surface area contributed by atoms with E-state index in [2.05, 4.69) is 5.32 Å². The van der Waals surface area contributed by atoms with Crippen molar-refractivity contribution >= 4 is 52.5 Å². The van der Waals surface area contributed by atoms with Gasteiger partial charge in [0.2, 0.25) is 11.8 Å². The third-order valence-electron chi connectivity index (χ3n) is 2.91. The van der Waals surface area contributed by atoms with Gasteiger partial charge in [-0.2, -0.15) is 11.8 Å². The zero-order valence-electron chi connectivity index (χ0n) is 12.7. The summed E-state index contributed by atoms with van der Waals surface area (Å²) in [5, 5.41) is 3.58. The molecule has 0 aromatic heterocycles. The van der Waals surface area contributed by atoms with Crippen molar-refractivity contribution in [3.63, 3.8) is 0 Å². The molecule has 7 heteroatoms. The molecule has 1 N–H and O–H groups in total. The van der Waals surface area contributed by atoms with E-state index in [4.69, 9.17) is 23.2 Å². The van der Waals surface area contributed by atoms with Gasteiger partial charge in [0.05, 0.1) is 17.3 Å². The summed E-state index contributed by atoms with van der Waals surface area (Å²) in [6, 6.07) is 4.85. The Morgan fingerprint density at radius 2 is 2.05 bits per heavy atom. The predicted molar refractivity (Wildman–Crippen MR) is 95.0 cm³/mol. The normalized spacial score (nSPS) is 10.4. The molecule has 0 aliphatic carbocycles. The summed E-state index contributed by atoms with van der Waals surface area (Å²) in [6.45, 7) is 2.57. The van der Waals surface area contributed by atoms with Gasteiger partial charge in [-0.1, -0.05) is 30.1 Å². The molecule has 0 atom stereocenters. The average molecular weight is 363 g/mol. The average Bonchev–Trinajstić information content (AvgIpc) is 2.47. The number of benzene rings is 1. The minimum Gasteiger partial charge on any atom is -0.333 e. The van der Waals surface area contributed by atoms with E-state index in [1.54, 1.807) is 34.9 Å². The molecule has 0 heterocycles. The van der Waals surface area contributed by atoms with E-state index in [1.807, 2.05) is 13.2 Å². The zero-order chi connectivity index (χ0) is 16.5. The molecule has 22 heavy (non-hydrogen) atoms. The van der Waals surface area contributed by atoms with Gasteiger partial charge in [-0.05, 0) is 30.9 Å². The molecule has 4 nitrogen and oxygen atoms in total. The summed E-state index contributed by atoms with van der Waals surface area (Å²) in [6.07, 6.45) is 3.20. The molecule has 0 bridgehead atoms. The second kappa shape index (κ2) is 9.98. The van der Waals surface area contributed by atoms with E-state index in [-0.39, 0.29) is 18.4 Å². The second-order valence-electron chi connectivity index (χ2n) is 4.73. The van der Waals surface area contributed by atoms with Gasteiger partial charge < -0.3 is 10.2 Å². The third kappa shape index (κ3) is 6.46. The maximum atomic E-state index is 12.1. The van der Waals surface area contributed by atoms with Gasteiger partial charge in [0.1, 0.15) is 0 Å². The molecule has 1 aromatic carbocycles. The van der Waals surface area contributed by atoms with Crippen molar-refractivity contribution in [2.75, 3.05) is 30.4 Å². The number of carbonyl (C=O) groups is 2. The Morgan fingerprint density at radius 1 is 1.32 bits per heavy atom. The van der Waals surface area contributed by atoms with Gasteiger partial charge in [-0.25, -0.2) is 0 Å². The summed E-state index contributed by atoms with van der Waals surface area (Å²) >= 11 is 13.4. The Kier molecular flexibility index (Phi) is 8.68. The van der Waals surface area contributed by atoms with E-state index >= 15 is 0 Å². The van der Waals surface area contributed by atoms with E-state index in [1.165, 1.54) is 0 Å². The third-order valence-corrected chi connectivity index (χ3v) is 4.07. The minimum atomic E-state index is -0.268. The fourth-order valence-corrected chi connectivity index (χ4v) is 2.70. The van der Waals surface area contributed by atoms with Crippen LogP contribution in [0.1, 0.15) is 19.8 Å². The molecule has 0 fully saturated rings. The summed E-state index contributed by atoms with van der Waals surface area (Å²) in [5.74, 6) is 0.479. The zero-order valence-corrected chi connectivity index (χ0v) is 15.0. The number of amides is 2. The molecule has 2 amide bonds. The number of hydrogen-bond acceptors (Lipinski definition) is 3. The number of halogens is 2. The lowest BCUT2D eigenvalue weighted by Gasteiger charge is -2.21. The Morgan fingerprint density at radius 3 is 2.64 bits per heavy atom. The molecule has 0 saturated heterocycles. The molecule has 0 unspecified atom stereocenters. The SMILES string of the molecule is CCCN(CC(=O)Nc1ccc(Cl)cc1Cl)C(=O)CCSC. The summed E-state index contributed by atoms with van der Waals surface area (Å²) in [4.78, 5) is 25.8. The first-order valence-corrected chi connectivity index (χ1v) is 9.14. The van der Waals surface area contributed by atoms with Crippen LogP contribution in [0.15, 0.2) is 18.2 Å². The van der Waals surface area contributed by atoms with Crippen molar-refractivity contribution in [1.29, 1.82) is 0 Å². The van der Waals surface area contributed by atoms with Crippen molar-refractivity contribution in [2.45, 2.75) is 19.8 Å². The molecular weight excluding hydrogens is 343 g/mol. The summed E-state index contributed by atoms with van der Waals surface area (Å²) in [5.41, 5.74) is 0.490. The standard InChI is InChI=1S/C15H20Cl2N2O2S/c1-3-7-19(15(21)6-8-22-2)10-14(20)18-13-5-4-11(16)9-12(13)17/h4-5,9H,3,6-8,10H2,1-2H3,(H,18,20). The quantitative estimate of drug-likeness (QED) is 0.762. The van der Waals surface area contributed by atoms with Gasteiger partial charge in [0.25, 0.3) is 0 Å². The second-order valence-corrected chi connectivity index (χ2v) is 6.56. The molecule has 122 valence electrons. The molecule has 0 radical (unpaired) electrons. The predicted octanol–water partition coefficient (Wildman–Crippen LogP) is 3.92. The van der Waals surface area contributed by atoms with Crippen LogP contribution in [0, 0.1) is 0 Å². The highest BCUT2D eigenvalue weighted by molar-refractivity contribution is 7.98. The van der Waals surface area contributed by atoms with E-state index in [0.717, 1.165) is 12.2 Å². The lowest BCUT2D eigenvalue weighted by Crippen LogP contribution is -2.38. The maximum Gasteiger partial charge on any atom is 0.244 e. The summed E-state index contributed by atoms with van der Waals surface area (Å²) in [7, 11) is 0. The fourth-order valence-electron chi connectivity index (χ4n) is 1.86. The highest BCUT2D eigenvalue weighted by atomic mass is 35.5. The Balaban J connectivity index is 2.64. The van der Waals surface area contributed by atoms with Gasteiger partial charge in [-0.3, -0.25) is 9.59 Å². The van der Waals surface area contributed by atoms with Gasteiger partial charge in [0.15, 0.2) is 0 Å². The van der Waals surface area contributed by atoms with Crippen molar-refractivity contribution in [1.82, 2.24) is 4.90 Å². The van der Waals surface area contributed by atoms with Crippen LogP contribution in [0.25, 0.3) is 0 Å². The van der Waals surface area contributed by atoms with Crippen LogP contribution in [0.2, 0.25) is 10.0 Å². The number of hydrogen-bond donors (Lipinski definition) is 1. The fraction of sp³-hybridized carbons (Fsp3) is 0.467. The number of nitrogens with zero attached hydrogens (tertiary/aromatic N) is 1. The Bertz CT molecular complexity index is 526. The molecule has 0 aliphatic rings. The lowest BCUT2D eigenvalue weighted by molar-refractivity contribution is -0.134. The van der Waals surface area contributed by atoms with E-state index < -0.39 is 0 Å². The Labute approximate surface area is 145 Å². The molecular formula is C15H20Cl2N2O2S. The van der Waals surface area contributed by atoms with Gasteiger partial charge >= 0.3 is 0 Å². The van der Waals surface area contributed by atoms with Crippen LogP contribution in [-0.4, -0.2) is 41.8 Å². The van der Waals surface area contributed by atoms with Gasteiger partial charge in [0, 0.05) is 23.7 Å². The maximum absolute atomic E-state index is 12.1. The largest absolute Gasteiger partial charge is 0.333 e. The van der Waals surface area contributed by atoms with E-state index in [0.29, 0.717) is 28.7 Å². The Hall–Kier alpha value is -0.910. The van der Waals surface area contributed by atoms with Crippen molar-refractivity contribution in [3.8, 4) is 0 Å². The molecule has 0 aliphatic heterocycles. The van der Waals surface area contributed by atoms with Crippen molar-refractivity contribution in [2.24, 2.45) is 0 Å². The van der Waals surface area contributed by atoms with Crippen LogP contribution < -0.4 is 5.32 Å². The van der Waals surface area contributed by atoms with Crippen LogP contribution in [0.5, 0.6) is 0 Å². The number of rotatable bonds is 8. The first-order valence-electron chi connectivity index (χ1n) is 6.99. The molecule has 0 spiro atoms. The van der Waals surface area contributed by atoms with Crippen LogP contribution in [0.4, 0.5) is 5.69 Å².